The summed E-state index contributed by atoms with van der Waals surface area (Å²) in [5.74, 6) is 0.955. The molecule has 104 valence electrons. The largest absolute Gasteiger partial charge is 0.497 e. The summed E-state index contributed by atoms with van der Waals surface area (Å²) in [6.07, 6.45) is 0.834. The van der Waals surface area contributed by atoms with E-state index >= 15 is 0 Å². The predicted octanol–water partition coefficient (Wildman–Crippen LogP) is 2.51. The van der Waals surface area contributed by atoms with E-state index in [2.05, 4.69) is 0 Å². The van der Waals surface area contributed by atoms with Gasteiger partial charge in [0.15, 0.2) is 0 Å². The van der Waals surface area contributed by atoms with Crippen molar-refractivity contribution in [3.8, 4) is 5.75 Å². The molecule has 0 atom stereocenters. The number of hydrogen-bond acceptors (Lipinski definition) is 3. The molecule has 0 amide bonds. The van der Waals surface area contributed by atoms with Crippen molar-refractivity contribution in [2.75, 3.05) is 7.11 Å². The van der Waals surface area contributed by atoms with E-state index in [0.717, 1.165) is 22.4 Å². The minimum Gasteiger partial charge on any atom is -0.497 e. The van der Waals surface area contributed by atoms with Gasteiger partial charge in [0.25, 0.3) is 0 Å². The van der Waals surface area contributed by atoms with Crippen LogP contribution in [0, 0.1) is 0 Å². The van der Waals surface area contributed by atoms with E-state index < -0.39 is 0 Å². The second kappa shape index (κ2) is 6.87. The van der Waals surface area contributed by atoms with Gasteiger partial charge < -0.3 is 10.5 Å². The lowest BCUT2D eigenvalue weighted by Gasteiger charge is -2.07. The number of benzene rings is 2. The minimum absolute atomic E-state index is 0.180. The standard InChI is InChI=1S/C17H19NO2/c1-20-17-8-4-5-13(10-17)9-16(19)11-14-6-2-3-7-15(14)12-18/h2-8,10H,9,11-12,18H2,1H3. The smallest absolute Gasteiger partial charge is 0.141 e. The molecule has 2 aromatic rings. The van der Waals surface area contributed by atoms with E-state index in [9.17, 15) is 4.79 Å². The Morgan fingerprint density at radius 2 is 1.80 bits per heavy atom. The molecule has 2 aromatic carbocycles. The Morgan fingerprint density at radius 1 is 1.05 bits per heavy atom. The molecule has 0 saturated carbocycles. The molecule has 0 fully saturated rings. The lowest BCUT2D eigenvalue weighted by molar-refractivity contribution is -0.117. The Bertz CT molecular complexity index is 593. The molecule has 2 rings (SSSR count). The molecule has 0 aliphatic heterocycles. The number of rotatable bonds is 6. The van der Waals surface area contributed by atoms with Crippen molar-refractivity contribution in [3.63, 3.8) is 0 Å². The van der Waals surface area contributed by atoms with Crippen LogP contribution in [0.2, 0.25) is 0 Å². The number of carbonyl (C=O) groups excluding carboxylic acids is 1. The second-order valence-corrected chi connectivity index (χ2v) is 4.72. The fourth-order valence-electron chi connectivity index (χ4n) is 2.21. The van der Waals surface area contributed by atoms with Crippen molar-refractivity contribution in [2.24, 2.45) is 5.73 Å². The van der Waals surface area contributed by atoms with Gasteiger partial charge in [-0.2, -0.15) is 0 Å². The van der Waals surface area contributed by atoms with Gasteiger partial charge in [-0.05, 0) is 28.8 Å². The van der Waals surface area contributed by atoms with Gasteiger partial charge >= 0.3 is 0 Å². The molecule has 0 saturated heterocycles. The summed E-state index contributed by atoms with van der Waals surface area (Å²) in [7, 11) is 1.62. The average molecular weight is 269 g/mol. The Kier molecular flexibility index (Phi) is 4.91. The highest BCUT2D eigenvalue weighted by Gasteiger charge is 2.08. The van der Waals surface area contributed by atoms with Gasteiger partial charge in [0.05, 0.1) is 7.11 Å². The van der Waals surface area contributed by atoms with Gasteiger partial charge in [0, 0.05) is 19.4 Å². The first-order valence-corrected chi connectivity index (χ1v) is 6.64. The maximum Gasteiger partial charge on any atom is 0.141 e. The zero-order valence-corrected chi connectivity index (χ0v) is 11.6. The Hall–Kier alpha value is -2.13. The number of ketones is 1. The van der Waals surface area contributed by atoms with Crippen molar-refractivity contribution in [2.45, 2.75) is 19.4 Å². The van der Waals surface area contributed by atoms with Crippen LogP contribution in [0.25, 0.3) is 0 Å². The normalized spacial score (nSPS) is 10.3. The summed E-state index contributed by atoms with van der Waals surface area (Å²) >= 11 is 0. The first-order chi connectivity index (χ1) is 9.72. The molecular weight excluding hydrogens is 250 g/mol. The maximum absolute atomic E-state index is 12.2. The Morgan fingerprint density at radius 3 is 2.50 bits per heavy atom. The van der Waals surface area contributed by atoms with Crippen molar-refractivity contribution < 1.29 is 9.53 Å². The third kappa shape index (κ3) is 3.68. The topological polar surface area (TPSA) is 52.3 Å². The number of carbonyl (C=O) groups is 1. The molecule has 0 aliphatic carbocycles. The minimum atomic E-state index is 0.180. The number of methoxy groups -OCH3 is 1. The zero-order chi connectivity index (χ0) is 14.4. The van der Waals surface area contributed by atoms with Crippen molar-refractivity contribution >= 4 is 5.78 Å². The van der Waals surface area contributed by atoms with Gasteiger partial charge in [-0.1, -0.05) is 36.4 Å². The molecule has 0 aromatic heterocycles. The van der Waals surface area contributed by atoms with Crippen LogP contribution in [-0.2, 0) is 24.2 Å². The highest BCUT2D eigenvalue weighted by atomic mass is 16.5. The van der Waals surface area contributed by atoms with Crippen LogP contribution in [-0.4, -0.2) is 12.9 Å². The number of hydrogen-bond donors (Lipinski definition) is 1. The van der Waals surface area contributed by atoms with Crippen LogP contribution in [0.4, 0.5) is 0 Å². The summed E-state index contributed by atoms with van der Waals surface area (Å²) in [4.78, 5) is 12.2. The molecular formula is C17H19NO2. The SMILES string of the molecule is COc1cccc(CC(=O)Cc2ccccc2CN)c1. The van der Waals surface area contributed by atoms with Crippen LogP contribution in [0.1, 0.15) is 16.7 Å². The van der Waals surface area contributed by atoms with E-state index in [4.69, 9.17) is 10.5 Å². The monoisotopic (exact) mass is 269 g/mol. The summed E-state index contributed by atoms with van der Waals surface area (Å²) in [5, 5.41) is 0. The summed E-state index contributed by atoms with van der Waals surface area (Å²) < 4.78 is 5.16. The van der Waals surface area contributed by atoms with Crippen LogP contribution in [0.5, 0.6) is 5.75 Å². The number of Topliss-reactive ketones (excluding diaryl/α,β-unsaturated/α-hetero) is 1. The zero-order valence-electron chi connectivity index (χ0n) is 11.6. The molecule has 0 radical (unpaired) electrons. The molecule has 3 heteroatoms. The fraction of sp³-hybridized carbons (Fsp3) is 0.235. The molecule has 0 spiro atoms. The first kappa shape index (κ1) is 14.3. The lowest BCUT2D eigenvalue weighted by atomic mass is 9.99. The first-order valence-electron chi connectivity index (χ1n) is 6.64. The fourth-order valence-corrected chi connectivity index (χ4v) is 2.21. The van der Waals surface area contributed by atoms with E-state index in [1.54, 1.807) is 7.11 Å². The molecule has 2 N–H and O–H groups in total. The van der Waals surface area contributed by atoms with Crippen LogP contribution >= 0.6 is 0 Å². The van der Waals surface area contributed by atoms with E-state index in [1.165, 1.54) is 0 Å². The van der Waals surface area contributed by atoms with Crippen molar-refractivity contribution in [1.29, 1.82) is 0 Å². The molecule has 0 heterocycles. The van der Waals surface area contributed by atoms with Gasteiger partial charge in [-0.25, -0.2) is 0 Å². The van der Waals surface area contributed by atoms with Gasteiger partial charge in [-0.15, -0.1) is 0 Å². The van der Waals surface area contributed by atoms with Crippen LogP contribution in [0.15, 0.2) is 48.5 Å². The molecule has 0 bridgehead atoms. The lowest BCUT2D eigenvalue weighted by Crippen LogP contribution is -2.10. The third-order valence-electron chi connectivity index (χ3n) is 3.26. The summed E-state index contributed by atoms with van der Waals surface area (Å²) in [5.41, 5.74) is 8.71. The van der Waals surface area contributed by atoms with Crippen LogP contribution in [0.3, 0.4) is 0 Å². The summed E-state index contributed by atoms with van der Waals surface area (Å²) in [6.45, 7) is 0.461. The van der Waals surface area contributed by atoms with E-state index in [1.807, 2.05) is 48.5 Å². The third-order valence-corrected chi connectivity index (χ3v) is 3.26. The molecule has 20 heavy (non-hydrogen) atoms. The Labute approximate surface area is 119 Å². The predicted molar refractivity (Wildman–Crippen MR) is 79.7 cm³/mol. The maximum atomic E-state index is 12.2. The average Bonchev–Trinajstić information content (AvgIpc) is 2.48. The van der Waals surface area contributed by atoms with Gasteiger partial charge in [0.1, 0.15) is 11.5 Å². The van der Waals surface area contributed by atoms with Crippen LogP contribution < -0.4 is 10.5 Å². The quantitative estimate of drug-likeness (QED) is 0.876. The van der Waals surface area contributed by atoms with Gasteiger partial charge in [-0.3, -0.25) is 4.79 Å². The second-order valence-electron chi connectivity index (χ2n) is 4.72. The van der Waals surface area contributed by atoms with Gasteiger partial charge in [0.2, 0.25) is 0 Å². The van der Waals surface area contributed by atoms with E-state index in [0.29, 0.717) is 19.4 Å². The number of nitrogens with two attached hydrogens (primary N) is 1. The number of ether oxygens (including phenoxy) is 1. The summed E-state index contributed by atoms with van der Waals surface area (Å²) in [6, 6.07) is 15.4. The van der Waals surface area contributed by atoms with Crippen molar-refractivity contribution in [3.05, 3.63) is 65.2 Å². The highest BCUT2D eigenvalue weighted by Crippen LogP contribution is 2.15. The molecule has 3 nitrogen and oxygen atoms in total. The van der Waals surface area contributed by atoms with E-state index in [-0.39, 0.29) is 5.78 Å². The molecule has 0 aliphatic rings. The Balaban J connectivity index is 2.05. The van der Waals surface area contributed by atoms with Crippen molar-refractivity contribution in [1.82, 2.24) is 0 Å². The highest BCUT2D eigenvalue weighted by molar-refractivity contribution is 5.83. The molecule has 0 unspecified atom stereocenters.